The van der Waals surface area contributed by atoms with Gasteiger partial charge in [0, 0.05) is 52.2 Å². The fraction of sp³-hybridized carbons (Fsp3) is 0.520. The van der Waals surface area contributed by atoms with Crippen molar-refractivity contribution in [2.75, 3.05) is 26.8 Å². The molecule has 0 radical (unpaired) electrons. The molecule has 0 atom stereocenters. The Hall–Kier alpha value is -2.60. The molecule has 6 nitrogen and oxygen atoms in total. The van der Waals surface area contributed by atoms with E-state index in [1.54, 1.807) is 12.0 Å². The molecule has 170 valence electrons. The van der Waals surface area contributed by atoms with Gasteiger partial charge >= 0.3 is 0 Å². The van der Waals surface area contributed by atoms with Gasteiger partial charge in [-0.3, -0.25) is 9.59 Å². The third-order valence-electron chi connectivity index (χ3n) is 5.11. The number of rotatable bonds is 11. The number of ether oxygens (including phenoxy) is 1. The highest BCUT2D eigenvalue weighted by Crippen LogP contribution is 2.20. The number of carbonyl (C=O) groups is 2. The first-order valence-corrected chi connectivity index (χ1v) is 10.9. The van der Waals surface area contributed by atoms with Crippen molar-refractivity contribution < 1.29 is 14.3 Å². The van der Waals surface area contributed by atoms with E-state index >= 15 is 0 Å². The molecule has 0 bridgehead atoms. The molecule has 2 amide bonds. The molecule has 31 heavy (non-hydrogen) atoms. The monoisotopic (exact) mass is 427 g/mol. The molecule has 2 rings (SSSR count). The van der Waals surface area contributed by atoms with Crippen LogP contribution in [0.25, 0.3) is 0 Å². The number of hydrogen-bond acceptors (Lipinski definition) is 3. The lowest BCUT2D eigenvalue weighted by molar-refractivity contribution is -0.142. The van der Waals surface area contributed by atoms with Crippen molar-refractivity contribution in [1.82, 2.24) is 14.4 Å². The zero-order chi connectivity index (χ0) is 22.9. The van der Waals surface area contributed by atoms with Gasteiger partial charge in [0.1, 0.15) is 0 Å². The van der Waals surface area contributed by atoms with Crippen molar-refractivity contribution in [1.29, 1.82) is 0 Å². The fourth-order valence-electron chi connectivity index (χ4n) is 3.41. The molecule has 0 aliphatic carbocycles. The average molecular weight is 428 g/mol. The van der Waals surface area contributed by atoms with E-state index in [2.05, 4.69) is 0 Å². The Labute approximate surface area is 186 Å². The third kappa shape index (κ3) is 8.58. The number of methoxy groups -OCH3 is 1. The van der Waals surface area contributed by atoms with Gasteiger partial charge in [-0.25, -0.2) is 0 Å². The summed E-state index contributed by atoms with van der Waals surface area (Å²) in [6.45, 7) is 8.27. The van der Waals surface area contributed by atoms with Gasteiger partial charge in [-0.05, 0) is 29.5 Å². The molecule has 6 heteroatoms. The van der Waals surface area contributed by atoms with Gasteiger partial charge < -0.3 is 19.1 Å². The van der Waals surface area contributed by atoms with E-state index < -0.39 is 0 Å². The Bertz CT molecular complexity index is 824. The summed E-state index contributed by atoms with van der Waals surface area (Å²) < 4.78 is 7.17. The second kappa shape index (κ2) is 11.7. The predicted octanol–water partition coefficient (Wildman–Crippen LogP) is 3.86. The molecule has 1 aromatic carbocycles. The van der Waals surface area contributed by atoms with E-state index in [4.69, 9.17) is 4.74 Å². The van der Waals surface area contributed by atoms with Gasteiger partial charge in [-0.15, -0.1) is 0 Å². The molecule has 0 fully saturated rings. The van der Waals surface area contributed by atoms with Crippen molar-refractivity contribution in [3.63, 3.8) is 0 Å². The molecule has 0 aliphatic heterocycles. The SMILES string of the molecule is COCCCN(CC(=O)N(Cc1ccccc1)Cc1cccn1C)C(=O)CC(C)(C)C. The summed E-state index contributed by atoms with van der Waals surface area (Å²) >= 11 is 0. The minimum Gasteiger partial charge on any atom is -0.385 e. The van der Waals surface area contributed by atoms with Crippen LogP contribution in [0.4, 0.5) is 0 Å². The van der Waals surface area contributed by atoms with Gasteiger partial charge in [0.15, 0.2) is 0 Å². The van der Waals surface area contributed by atoms with E-state index in [1.807, 2.05) is 85.9 Å². The number of nitrogens with zero attached hydrogens (tertiary/aromatic N) is 3. The Balaban J connectivity index is 2.18. The molecule has 0 saturated heterocycles. The van der Waals surface area contributed by atoms with Crippen molar-refractivity contribution in [3.8, 4) is 0 Å². The Morgan fingerprint density at radius 1 is 0.968 bits per heavy atom. The van der Waals surface area contributed by atoms with Crippen LogP contribution in [0.3, 0.4) is 0 Å². The molecule has 1 heterocycles. The lowest BCUT2D eigenvalue weighted by Crippen LogP contribution is -2.44. The maximum atomic E-state index is 13.4. The summed E-state index contributed by atoms with van der Waals surface area (Å²) in [7, 11) is 3.62. The van der Waals surface area contributed by atoms with Crippen LogP contribution in [0.1, 0.15) is 44.9 Å². The number of hydrogen-bond donors (Lipinski definition) is 0. The van der Waals surface area contributed by atoms with E-state index in [0.717, 1.165) is 11.3 Å². The molecule has 0 N–H and O–H groups in total. The average Bonchev–Trinajstić information content (AvgIpc) is 3.10. The van der Waals surface area contributed by atoms with Gasteiger partial charge in [-0.2, -0.15) is 0 Å². The molecule has 2 aromatic rings. The van der Waals surface area contributed by atoms with Crippen LogP contribution in [0, 0.1) is 5.41 Å². The first kappa shape index (κ1) is 24.7. The molecule has 0 unspecified atom stereocenters. The van der Waals surface area contributed by atoms with Crippen molar-refractivity contribution in [2.24, 2.45) is 12.5 Å². The van der Waals surface area contributed by atoms with Gasteiger partial charge in [0.05, 0.1) is 13.1 Å². The zero-order valence-corrected chi connectivity index (χ0v) is 19.6. The predicted molar refractivity (Wildman–Crippen MR) is 123 cm³/mol. The number of benzene rings is 1. The van der Waals surface area contributed by atoms with Crippen molar-refractivity contribution in [3.05, 3.63) is 59.9 Å². The highest BCUT2D eigenvalue weighted by molar-refractivity contribution is 5.85. The molecule has 0 spiro atoms. The Kier molecular flexibility index (Phi) is 9.31. The maximum Gasteiger partial charge on any atom is 0.242 e. The normalized spacial score (nSPS) is 11.4. The van der Waals surface area contributed by atoms with Crippen LogP contribution in [-0.2, 0) is 34.5 Å². The van der Waals surface area contributed by atoms with Gasteiger partial charge in [0.2, 0.25) is 11.8 Å². The quantitative estimate of drug-likeness (QED) is 0.512. The number of aromatic nitrogens is 1. The van der Waals surface area contributed by atoms with Crippen LogP contribution < -0.4 is 0 Å². The summed E-state index contributed by atoms with van der Waals surface area (Å²) in [6, 6.07) is 14.0. The van der Waals surface area contributed by atoms with Crippen LogP contribution in [0.5, 0.6) is 0 Å². The fourth-order valence-corrected chi connectivity index (χ4v) is 3.41. The Morgan fingerprint density at radius 2 is 1.68 bits per heavy atom. The standard InChI is InChI=1S/C25H37N3O3/c1-25(2,3)17-23(29)27(15-10-16-31-5)20-24(30)28(18-21-11-7-6-8-12-21)19-22-13-9-14-26(22)4/h6-9,11-14H,10,15-20H2,1-5H3. The summed E-state index contributed by atoms with van der Waals surface area (Å²) in [5.74, 6) is -0.0415. The summed E-state index contributed by atoms with van der Waals surface area (Å²) in [5, 5.41) is 0. The first-order chi connectivity index (χ1) is 14.7. The maximum absolute atomic E-state index is 13.4. The summed E-state index contributed by atoms with van der Waals surface area (Å²) in [5.41, 5.74) is 1.99. The number of amides is 2. The third-order valence-corrected chi connectivity index (χ3v) is 5.11. The molecule has 1 aromatic heterocycles. The smallest absolute Gasteiger partial charge is 0.242 e. The summed E-state index contributed by atoms with van der Waals surface area (Å²) in [6.07, 6.45) is 3.09. The highest BCUT2D eigenvalue weighted by atomic mass is 16.5. The lowest BCUT2D eigenvalue weighted by atomic mass is 9.91. The van der Waals surface area contributed by atoms with Crippen molar-refractivity contribution in [2.45, 2.75) is 46.7 Å². The molecular weight excluding hydrogens is 390 g/mol. The molecule has 0 aliphatic rings. The molecule has 0 saturated carbocycles. The van der Waals surface area contributed by atoms with Gasteiger partial charge in [-0.1, -0.05) is 51.1 Å². The van der Waals surface area contributed by atoms with Crippen LogP contribution in [-0.4, -0.2) is 53.0 Å². The minimum atomic E-state index is -0.133. The summed E-state index contributed by atoms with van der Waals surface area (Å²) in [4.78, 5) is 29.9. The van der Waals surface area contributed by atoms with Crippen LogP contribution in [0.15, 0.2) is 48.7 Å². The number of aryl methyl sites for hydroxylation is 1. The van der Waals surface area contributed by atoms with E-state index in [0.29, 0.717) is 39.1 Å². The second-order valence-corrected chi connectivity index (χ2v) is 9.24. The highest BCUT2D eigenvalue weighted by Gasteiger charge is 2.25. The van der Waals surface area contributed by atoms with E-state index in [9.17, 15) is 9.59 Å². The second-order valence-electron chi connectivity index (χ2n) is 9.24. The molecular formula is C25H37N3O3. The van der Waals surface area contributed by atoms with Gasteiger partial charge in [0.25, 0.3) is 0 Å². The largest absolute Gasteiger partial charge is 0.385 e. The van der Waals surface area contributed by atoms with Crippen LogP contribution in [0.2, 0.25) is 0 Å². The van der Waals surface area contributed by atoms with E-state index in [1.165, 1.54) is 0 Å². The first-order valence-electron chi connectivity index (χ1n) is 10.9. The lowest BCUT2D eigenvalue weighted by Gasteiger charge is -2.30. The zero-order valence-electron chi connectivity index (χ0n) is 19.6. The topological polar surface area (TPSA) is 54.8 Å². The van der Waals surface area contributed by atoms with Crippen molar-refractivity contribution >= 4 is 11.8 Å². The van der Waals surface area contributed by atoms with E-state index in [-0.39, 0.29) is 23.8 Å². The minimum absolute atomic E-state index is 0.00970. The Morgan fingerprint density at radius 3 is 2.26 bits per heavy atom. The van der Waals surface area contributed by atoms with Crippen LogP contribution >= 0.6 is 0 Å². The number of carbonyl (C=O) groups excluding carboxylic acids is 2.